The van der Waals surface area contributed by atoms with Crippen molar-refractivity contribution in [2.75, 3.05) is 5.32 Å². The standard InChI is InChI=1S/C18H18F3N5O/c1-12-16(13(2)26(24-12)11-18(19,20)21)8-17(27)23-14-9-22-25(10-14)15-6-4-3-5-7-15/h3-7,9-10H,8,11H2,1-2H3,(H,23,27). The zero-order valence-electron chi connectivity index (χ0n) is 14.8. The molecule has 0 radical (unpaired) electrons. The van der Waals surface area contributed by atoms with E-state index in [4.69, 9.17) is 0 Å². The summed E-state index contributed by atoms with van der Waals surface area (Å²) in [6.45, 7) is 1.95. The topological polar surface area (TPSA) is 64.7 Å². The predicted molar refractivity (Wildman–Crippen MR) is 93.7 cm³/mol. The highest BCUT2D eigenvalue weighted by Crippen LogP contribution is 2.21. The Bertz CT molecular complexity index is 944. The number of benzene rings is 1. The monoisotopic (exact) mass is 377 g/mol. The van der Waals surface area contributed by atoms with Crippen LogP contribution in [0.4, 0.5) is 18.9 Å². The average Bonchev–Trinajstić information content (AvgIpc) is 3.15. The van der Waals surface area contributed by atoms with Gasteiger partial charge in [-0.15, -0.1) is 0 Å². The molecule has 2 aromatic heterocycles. The van der Waals surface area contributed by atoms with Gasteiger partial charge in [-0.3, -0.25) is 9.48 Å². The molecule has 6 nitrogen and oxygen atoms in total. The lowest BCUT2D eigenvalue weighted by molar-refractivity contribution is -0.142. The molecule has 0 aliphatic heterocycles. The number of rotatable bonds is 5. The Kier molecular flexibility index (Phi) is 5.02. The van der Waals surface area contributed by atoms with Crippen molar-refractivity contribution in [1.82, 2.24) is 19.6 Å². The first-order valence-corrected chi connectivity index (χ1v) is 8.22. The molecule has 3 rings (SSSR count). The fourth-order valence-electron chi connectivity index (χ4n) is 2.79. The van der Waals surface area contributed by atoms with Crippen LogP contribution in [0.2, 0.25) is 0 Å². The number of nitrogens with one attached hydrogen (secondary N) is 1. The molecule has 0 bridgehead atoms. The molecule has 1 amide bonds. The molecule has 0 saturated carbocycles. The van der Waals surface area contributed by atoms with Crippen molar-refractivity contribution in [3.05, 3.63) is 59.7 Å². The Hall–Kier alpha value is -3.10. The number of carbonyl (C=O) groups is 1. The van der Waals surface area contributed by atoms with Crippen molar-refractivity contribution in [3.8, 4) is 5.69 Å². The summed E-state index contributed by atoms with van der Waals surface area (Å²) >= 11 is 0. The molecule has 1 N–H and O–H groups in total. The maximum Gasteiger partial charge on any atom is 0.408 e. The van der Waals surface area contributed by atoms with Crippen molar-refractivity contribution < 1.29 is 18.0 Å². The number of hydrogen-bond acceptors (Lipinski definition) is 3. The third kappa shape index (κ3) is 4.55. The fourth-order valence-corrected chi connectivity index (χ4v) is 2.79. The van der Waals surface area contributed by atoms with Gasteiger partial charge in [0.15, 0.2) is 0 Å². The number of nitrogens with zero attached hydrogens (tertiary/aromatic N) is 4. The van der Waals surface area contributed by atoms with Crippen molar-refractivity contribution in [3.63, 3.8) is 0 Å². The number of alkyl halides is 3. The molecular formula is C18H18F3N5O. The quantitative estimate of drug-likeness (QED) is 0.741. The Morgan fingerprint density at radius 1 is 1.19 bits per heavy atom. The van der Waals surface area contributed by atoms with E-state index in [1.54, 1.807) is 17.8 Å². The second kappa shape index (κ2) is 7.26. The minimum absolute atomic E-state index is 0.0635. The molecule has 0 fully saturated rings. The molecule has 1 aromatic carbocycles. The first-order valence-electron chi connectivity index (χ1n) is 8.22. The molecule has 0 aliphatic rings. The molecule has 0 unspecified atom stereocenters. The number of para-hydroxylation sites is 1. The summed E-state index contributed by atoms with van der Waals surface area (Å²) in [5.74, 6) is -0.347. The summed E-state index contributed by atoms with van der Waals surface area (Å²) in [5, 5.41) is 10.8. The molecule has 2 heterocycles. The van der Waals surface area contributed by atoms with Crippen LogP contribution in [-0.4, -0.2) is 31.6 Å². The predicted octanol–water partition coefficient (Wildman–Crippen LogP) is 3.43. The molecule has 3 aromatic rings. The van der Waals surface area contributed by atoms with E-state index in [1.807, 2.05) is 30.3 Å². The van der Waals surface area contributed by atoms with Crippen LogP contribution >= 0.6 is 0 Å². The van der Waals surface area contributed by atoms with Gasteiger partial charge in [0.25, 0.3) is 0 Å². The van der Waals surface area contributed by atoms with Gasteiger partial charge in [0.05, 0.1) is 35.9 Å². The van der Waals surface area contributed by atoms with E-state index in [1.165, 1.54) is 13.1 Å². The van der Waals surface area contributed by atoms with E-state index in [9.17, 15) is 18.0 Å². The fraction of sp³-hybridized carbons (Fsp3) is 0.278. The summed E-state index contributed by atoms with van der Waals surface area (Å²) < 4.78 is 40.3. The minimum Gasteiger partial charge on any atom is -0.323 e. The van der Waals surface area contributed by atoms with Crippen molar-refractivity contribution in [2.45, 2.75) is 33.0 Å². The van der Waals surface area contributed by atoms with Gasteiger partial charge in [0.1, 0.15) is 6.54 Å². The summed E-state index contributed by atoms with van der Waals surface area (Å²) in [5.41, 5.74) is 2.58. The van der Waals surface area contributed by atoms with Gasteiger partial charge in [-0.2, -0.15) is 23.4 Å². The average molecular weight is 377 g/mol. The number of anilines is 1. The lowest BCUT2D eigenvalue weighted by atomic mass is 10.1. The molecular weight excluding hydrogens is 359 g/mol. The largest absolute Gasteiger partial charge is 0.408 e. The highest BCUT2D eigenvalue weighted by molar-refractivity contribution is 5.92. The Morgan fingerprint density at radius 3 is 2.56 bits per heavy atom. The lowest BCUT2D eigenvalue weighted by Gasteiger charge is -2.08. The number of carbonyl (C=O) groups excluding carboxylic acids is 1. The van der Waals surface area contributed by atoms with E-state index >= 15 is 0 Å². The molecule has 27 heavy (non-hydrogen) atoms. The van der Waals surface area contributed by atoms with Crippen LogP contribution in [0.5, 0.6) is 0 Å². The summed E-state index contributed by atoms with van der Waals surface area (Å²) in [6.07, 6.45) is -1.25. The number of amides is 1. The Balaban J connectivity index is 1.69. The first kappa shape index (κ1) is 18.7. The van der Waals surface area contributed by atoms with Crippen LogP contribution in [0.3, 0.4) is 0 Å². The van der Waals surface area contributed by atoms with E-state index < -0.39 is 12.7 Å². The zero-order valence-corrected chi connectivity index (χ0v) is 14.8. The zero-order chi connectivity index (χ0) is 19.6. The van der Waals surface area contributed by atoms with Gasteiger partial charge < -0.3 is 5.32 Å². The summed E-state index contributed by atoms with van der Waals surface area (Å²) in [7, 11) is 0. The number of aromatic nitrogens is 4. The smallest absolute Gasteiger partial charge is 0.323 e. The Labute approximate surface area is 153 Å². The minimum atomic E-state index is -4.37. The summed E-state index contributed by atoms with van der Waals surface area (Å²) in [6, 6.07) is 9.39. The molecule has 142 valence electrons. The van der Waals surface area contributed by atoms with Gasteiger partial charge in [0, 0.05) is 11.3 Å². The van der Waals surface area contributed by atoms with Gasteiger partial charge in [0.2, 0.25) is 5.91 Å². The number of hydrogen-bond donors (Lipinski definition) is 1. The first-order chi connectivity index (χ1) is 12.7. The van der Waals surface area contributed by atoms with E-state index in [2.05, 4.69) is 15.5 Å². The summed E-state index contributed by atoms with van der Waals surface area (Å²) in [4.78, 5) is 12.3. The van der Waals surface area contributed by atoms with Crippen LogP contribution in [0.25, 0.3) is 5.69 Å². The molecule has 0 aliphatic carbocycles. The van der Waals surface area contributed by atoms with Crippen LogP contribution in [0.15, 0.2) is 42.7 Å². The van der Waals surface area contributed by atoms with E-state index in [-0.39, 0.29) is 12.3 Å². The van der Waals surface area contributed by atoms with Gasteiger partial charge in [-0.25, -0.2) is 4.68 Å². The van der Waals surface area contributed by atoms with Gasteiger partial charge in [-0.05, 0) is 26.0 Å². The maximum atomic E-state index is 12.6. The number of aryl methyl sites for hydroxylation is 1. The van der Waals surface area contributed by atoms with Gasteiger partial charge >= 0.3 is 6.18 Å². The molecule has 0 saturated heterocycles. The molecule has 9 heteroatoms. The highest BCUT2D eigenvalue weighted by atomic mass is 19.4. The third-order valence-corrected chi connectivity index (χ3v) is 4.08. The SMILES string of the molecule is Cc1nn(CC(F)(F)F)c(C)c1CC(=O)Nc1cnn(-c2ccccc2)c1. The van der Waals surface area contributed by atoms with Crippen molar-refractivity contribution in [2.24, 2.45) is 0 Å². The third-order valence-electron chi connectivity index (χ3n) is 4.08. The van der Waals surface area contributed by atoms with Gasteiger partial charge in [-0.1, -0.05) is 18.2 Å². The van der Waals surface area contributed by atoms with Crippen molar-refractivity contribution >= 4 is 11.6 Å². The van der Waals surface area contributed by atoms with Crippen LogP contribution in [0.1, 0.15) is 17.0 Å². The van der Waals surface area contributed by atoms with E-state index in [0.717, 1.165) is 10.4 Å². The second-order valence-electron chi connectivity index (χ2n) is 6.16. The van der Waals surface area contributed by atoms with Crippen molar-refractivity contribution in [1.29, 1.82) is 0 Å². The molecule has 0 atom stereocenters. The normalized spacial score (nSPS) is 11.6. The second-order valence-corrected chi connectivity index (χ2v) is 6.16. The highest BCUT2D eigenvalue weighted by Gasteiger charge is 2.30. The number of halogens is 3. The Morgan fingerprint density at radius 2 is 1.89 bits per heavy atom. The maximum absolute atomic E-state index is 12.6. The molecule has 0 spiro atoms. The van der Waals surface area contributed by atoms with E-state index in [0.29, 0.717) is 22.6 Å². The van der Waals surface area contributed by atoms with Crippen LogP contribution in [0, 0.1) is 13.8 Å². The lowest BCUT2D eigenvalue weighted by Crippen LogP contribution is -2.20. The van der Waals surface area contributed by atoms with Crippen LogP contribution in [-0.2, 0) is 17.8 Å². The van der Waals surface area contributed by atoms with Crippen LogP contribution < -0.4 is 5.32 Å².